The molecule has 0 saturated carbocycles. The average Bonchev–Trinajstić information content (AvgIpc) is 2.18. The first-order valence-electron chi connectivity index (χ1n) is 4.18. The molecule has 0 aliphatic heterocycles. The molecule has 1 aromatic rings. The molecule has 0 aromatic heterocycles. The van der Waals surface area contributed by atoms with E-state index in [1.807, 2.05) is 30.3 Å². The van der Waals surface area contributed by atoms with Crippen molar-refractivity contribution in [3.63, 3.8) is 0 Å². The summed E-state index contributed by atoms with van der Waals surface area (Å²) < 4.78 is 0. The van der Waals surface area contributed by atoms with Crippen LogP contribution < -0.4 is 0 Å². The van der Waals surface area contributed by atoms with Crippen LogP contribution in [0.25, 0.3) is 0 Å². The first kappa shape index (κ1) is 9.75. The van der Waals surface area contributed by atoms with Crippen LogP contribution in [0.1, 0.15) is 12.5 Å². The molecule has 0 aliphatic rings. The number of benzene rings is 1. The zero-order chi connectivity index (χ0) is 9.90. The van der Waals surface area contributed by atoms with Gasteiger partial charge in [-0.3, -0.25) is 0 Å². The van der Waals surface area contributed by atoms with Gasteiger partial charge in [-0.2, -0.15) is 0 Å². The van der Waals surface area contributed by atoms with Gasteiger partial charge in [-0.05, 0) is 18.1 Å². The van der Waals surface area contributed by atoms with Crippen LogP contribution in [0.15, 0.2) is 55.1 Å². The minimum atomic E-state index is -1.01. The summed E-state index contributed by atoms with van der Waals surface area (Å²) in [5.74, 6) is 0. The monoisotopic (exact) mass is 174 g/mol. The van der Waals surface area contributed by atoms with Crippen LogP contribution in [0.3, 0.4) is 0 Å². The number of hydrogen-bond acceptors (Lipinski definition) is 1. The number of rotatable bonds is 3. The molecule has 0 heterocycles. The zero-order valence-electron chi connectivity index (χ0n) is 7.83. The Kier molecular flexibility index (Phi) is 2.69. The lowest BCUT2D eigenvalue weighted by atomic mass is 9.89. The van der Waals surface area contributed by atoms with E-state index in [-0.39, 0.29) is 0 Å². The van der Waals surface area contributed by atoms with Gasteiger partial charge < -0.3 is 5.11 Å². The van der Waals surface area contributed by atoms with Gasteiger partial charge in [0.05, 0.1) is 0 Å². The topological polar surface area (TPSA) is 20.2 Å². The van der Waals surface area contributed by atoms with Crippen molar-refractivity contribution in [1.29, 1.82) is 0 Å². The second kappa shape index (κ2) is 3.58. The molecule has 0 saturated heterocycles. The maximum atomic E-state index is 10.1. The van der Waals surface area contributed by atoms with Crippen LogP contribution in [0.5, 0.6) is 0 Å². The molecular formula is C12H14O. The van der Waals surface area contributed by atoms with E-state index in [9.17, 15) is 5.11 Å². The molecule has 1 rings (SSSR count). The highest BCUT2D eigenvalue weighted by atomic mass is 16.3. The summed E-state index contributed by atoms with van der Waals surface area (Å²) in [5, 5.41) is 10.1. The quantitative estimate of drug-likeness (QED) is 0.698. The van der Waals surface area contributed by atoms with Gasteiger partial charge in [0.15, 0.2) is 0 Å². The van der Waals surface area contributed by atoms with E-state index in [2.05, 4.69) is 13.2 Å². The van der Waals surface area contributed by atoms with Crippen molar-refractivity contribution >= 4 is 0 Å². The Morgan fingerprint density at radius 1 is 1.38 bits per heavy atom. The fourth-order valence-electron chi connectivity index (χ4n) is 1.15. The molecule has 0 bridgehead atoms. The van der Waals surface area contributed by atoms with Gasteiger partial charge in [0.1, 0.15) is 5.60 Å². The van der Waals surface area contributed by atoms with Crippen molar-refractivity contribution in [2.24, 2.45) is 0 Å². The summed E-state index contributed by atoms with van der Waals surface area (Å²) in [7, 11) is 0. The molecule has 1 heteroatoms. The predicted molar refractivity (Wildman–Crippen MR) is 55.3 cm³/mol. The lowest BCUT2D eigenvalue weighted by molar-refractivity contribution is 0.102. The van der Waals surface area contributed by atoms with Gasteiger partial charge in [-0.1, -0.05) is 49.6 Å². The van der Waals surface area contributed by atoms with Crippen molar-refractivity contribution in [3.05, 3.63) is 60.7 Å². The predicted octanol–water partition coefficient (Wildman–Crippen LogP) is 2.64. The summed E-state index contributed by atoms with van der Waals surface area (Å²) in [6.45, 7) is 9.06. The van der Waals surface area contributed by atoms with E-state index in [4.69, 9.17) is 0 Å². The summed E-state index contributed by atoms with van der Waals surface area (Å²) in [5.41, 5.74) is 0.432. The minimum Gasteiger partial charge on any atom is -0.381 e. The summed E-state index contributed by atoms with van der Waals surface area (Å²) in [6.07, 6.45) is 1.58. The van der Waals surface area contributed by atoms with Crippen molar-refractivity contribution in [1.82, 2.24) is 0 Å². The van der Waals surface area contributed by atoms with Crippen LogP contribution in [-0.2, 0) is 5.60 Å². The fourth-order valence-corrected chi connectivity index (χ4v) is 1.15. The van der Waals surface area contributed by atoms with E-state index in [1.165, 1.54) is 0 Å². The van der Waals surface area contributed by atoms with E-state index in [0.29, 0.717) is 5.57 Å². The van der Waals surface area contributed by atoms with Crippen molar-refractivity contribution in [3.8, 4) is 0 Å². The Bertz CT molecular complexity index is 309. The van der Waals surface area contributed by atoms with E-state index in [1.54, 1.807) is 13.0 Å². The van der Waals surface area contributed by atoms with Crippen molar-refractivity contribution < 1.29 is 5.11 Å². The van der Waals surface area contributed by atoms with Crippen LogP contribution in [0.4, 0.5) is 0 Å². The molecule has 0 amide bonds. The molecule has 0 unspecified atom stereocenters. The number of hydrogen-bond donors (Lipinski definition) is 1. The van der Waals surface area contributed by atoms with Gasteiger partial charge >= 0.3 is 0 Å². The zero-order valence-corrected chi connectivity index (χ0v) is 7.83. The molecule has 13 heavy (non-hydrogen) atoms. The van der Waals surface area contributed by atoms with Crippen LogP contribution in [0, 0.1) is 0 Å². The lowest BCUT2D eigenvalue weighted by Gasteiger charge is -2.24. The average molecular weight is 174 g/mol. The molecule has 0 fully saturated rings. The third-order valence-corrected chi connectivity index (χ3v) is 2.21. The fraction of sp³-hybridized carbons (Fsp3) is 0.167. The maximum Gasteiger partial charge on any atom is 0.111 e. The van der Waals surface area contributed by atoms with E-state index >= 15 is 0 Å². The van der Waals surface area contributed by atoms with E-state index in [0.717, 1.165) is 5.56 Å². The summed E-state index contributed by atoms with van der Waals surface area (Å²) in [6, 6.07) is 9.43. The molecule has 1 nitrogen and oxygen atoms in total. The van der Waals surface area contributed by atoms with Gasteiger partial charge in [-0.25, -0.2) is 0 Å². The third kappa shape index (κ3) is 1.87. The minimum absolute atomic E-state index is 0.610. The lowest BCUT2D eigenvalue weighted by Crippen LogP contribution is -2.22. The normalized spacial score (nSPS) is 14.6. The molecule has 0 aliphatic carbocycles. The standard InChI is InChI=1S/C12H14O/c1-4-10(2)12(3,13)11-8-6-5-7-9-11/h4-9,13H,1-2H2,3H3/t12-/m1/s1. The molecule has 1 aromatic carbocycles. The Balaban J connectivity index is 3.07. The smallest absolute Gasteiger partial charge is 0.111 e. The maximum absolute atomic E-state index is 10.1. The molecule has 68 valence electrons. The Hall–Kier alpha value is -1.34. The van der Waals surface area contributed by atoms with Crippen molar-refractivity contribution in [2.45, 2.75) is 12.5 Å². The SMILES string of the molecule is C=CC(=C)[C@@](C)(O)c1ccccc1. The van der Waals surface area contributed by atoms with Crippen LogP contribution >= 0.6 is 0 Å². The third-order valence-electron chi connectivity index (χ3n) is 2.21. The highest BCUT2D eigenvalue weighted by molar-refractivity contribution is 5.34. The largest absolute Gasteiger partial charge is 0.381 e. The van der Waals surface area contributed by atoms with Crippen LogP contribution in [-0.4, -0.2) is 5.11 Å². The summed E-state index contributed by atoms with van der Waals surface area (Å²) in [4.78, 5) is 0. The summed E-state index contributed by atoms with van der Waals surface area (Å²) >= 11 is 0. The Morgan fingerprint density at radius 2 is 1.92 bits per heavy atom. The Labute approximate surface area is 79.0 Å². The van der Waals surface area contributed by atoms with Gasteiger partial charge in [-0.15, -0.1) is 0 Å². The first-order valence-corrected chi connectivity index (χ1v) is 4.18. The number of aliphatic hydroxyl groups is 1. The van der Waals surface area contributed by atoms with Gasteiger partial charge in [0.25, 0.3) is 0 Å². The molecular weight excluding hydrogens is 160 g/mol. The van der Waals surface area contributed by atoms with Crippen molar-refractivity contribution in [2.75, 3.05) is 0 Å². The highest BCUT2D eigenvalue weighted by Gasteiger charge is 2.24. The van der Waals surface area contributed by atoms with Crippen LogP contribution in [0.2, 0.25) is 0 Å². The second-order valence-corrected chi connectivity index (χ2v) is 3.17. The van der Waals surface area contributed by atoms with E-state index < -0.39 is 5.60 Å². The van der Waals surface area contributed by atoms with Gasteiger partial charge in [0.2, 0.25) is 0 Å². The van der Waals surface area contributed by atoms with Gasteiger partial charge in [0, 0.05) is 0 Å². The first-order chi connectivity index (χ1) is 6.09. The second-order valence-electron chi connectivity index (χ2n) is 3.17. The molecule has 1 N–H and O–H groups in total. The Morgan fingerprint density at radius 3 is 2.38 bits per heavy atom. The molecule has 0 radical (unpaired) electrons. The molecule has 1 atom stereocenters. The highest BCUT2D eigenvalue weighted by Crippen LogP contribution is 2.27. The molecule has 0 spiro atoms.